The van der Waals surface area contributed by atoms with Crippen molar-refractivity contribution in [3.8, 4) is 11.5 Å². The highest BCUT2D eigenvalue weighted by atomic mass is 32.2. The van der Waals surface area contributed by atoms with Gasteiger partial charge in [-0.25, -0.2) is 18.4 Å². The summed E-state index contributed by atoms with van der Waals surface area (Å²) >= 11 is 0. The van der Waals surface area contributed by atoms with Crippen LogP contribution in [0.4, 0.5) is 17.6 Å². The number of rotatable bonds is 6. The maximum atomic E-state index is 14.2. The number of halogens is 4. The third kappa shape index (κ3) is 4.90. The van der Waals surface area contributed by atoms with E-state index in [0.717, 1.165) is 0 Å². The second kappa shape index (κ2) is 8.93. The summed E-state index contributed by atoms with van der Waals surface area (Å²) in [5, 5.41) is 0. The number of benzene rings is 2. The average molecular weight is 518 g/mol. The lowest BCUT2D eigenvalue weighted by atomic mass is 10.1. The fourth-order valence-corrected chi connectivity index (χ4v) is 3.77. The SMILES string of the molecule is COc1c(S(=O)(=O)O)cc(C(=O)OC(=O)c2cc(S(=O)(=O)O)c(OC)c(F)c2F)c(F)c1F. The number of hydrogen-bond acceptors (Lipinski definition) is 9. The number of esters is 2. The molecule has 0 amide bonds. The van der Waals surface area contributed by atoms with Crippen molar-refractivity contribution >= 4 is 32.2 Å². The molecule has 11 nitrogen and oxygen atoms in total. The Morgan fingerprint density at radius 1 is 0.697 bits per heavy atom. The molecule has 0 bridgehead atoms. The van der Waals surface area contributed by atoms with Crippen molar-refractivity contribution in [2.45, 2.75) is 9.79 Å². The minimum absolute atomic E-state index is 0.0246. The summed E-state index contributed by atoms with van der Waals surface area (Å²) in [6.07, 6.45) is 0. The van der Waals surface area contributed by atoms with Gasteiger partial charge in [0.25, 0.3) is 20.2 Å². The van der Waals surface area contributed by atoms with E-state index in [-0.39, 0.29) is 12.1 Å². The lowest BCUT2D eigenvalue weighted by Crippen LogP contribution is -2.19. The van der Waals surface area contributed by atoms with Crippen molar-refractivity contribution in [2.75, 3.05) is 14.2 Å². The van der Waals surface area contributed by atoms with Gasteiger partial charge in [0, 0.05) is 0 Å². The van der Waals surface area contributed by atoms with E-state index in [1.54, 1.807) is 0 Å². The highest BCUT2D eigenvalue weighted by Crippen LogP contribution is 2.33. The Labute approximate surface area is 182 Å². The minimum Gasteiger partial charge on any atom is -0.492 e. The standard InChI is InChI=1S/C16H10F4O11S2/c1-29-13-7(32(23,24)25)3-5(9(17)11(13)19)15(21)31-16(22)6-4-8(33(26,27)28)14(30-2)12(20)10(6)18/h3-4H,1-2H3,(H,23,24,25)(H,26,27,28). The van der Waals surface area contributed by atoms with Crippen LogP contribution in [0.1, 0.15) is 20.7 Å². The van der Waals surface area contributed by atoms with E-state index in [9.17, 15) is 44.0 Å². The van der Waals surface area contributed by atoms with Crippen LogP contribution < -0.4 is 9.47 Å². The minimum atomic E-state index is -5.31. The smallest absolute Gasteiger partial charge is 0.349 e. The zero-order chi connectivity index (χ0) is 25.5. The predicted octanol–water partition coefficient (Wildman–Crippen LogP) is 1.75. The summed E-state index contributed by atoms with van der Waals surface area (Å²) in [7, 11) is -9.22. The molecule has 0 aromatic heterocycles. The molecule has 2 N–H and O–H groups in total. The predicted molar refractivity (Wildman–Crippen MR) is 95.2 cm³/mol. The molecule has 0 spiro atoms. The molecule has 0 saturated carbocycles. The second-order valence-electron chi connectivity index (χ2n) is 5.79. The van der Waals surface area contributed by atoms with Gasteiger partial charge in [-0.3, -0.25) is 9.11 Å². The number of methoxy groups -OCH3 is 2. The van der Waals surface area contributed by atoms with Crippen LogP contribution in [-0.4, -0.2) is 52.1 Å². The summed E-state index contributed by atoms with van der Waals surface area (Å²) in [5.41, 5.74) is -3.20. The molecule has 33 heavy (non-hydrogen) atoms. The molecular weight excluding hydrogens is 508 g/mol. The van der Waals surface area contributed by atoms with Gasteiger partial charge in [0.15, 0.2) is 23.1 Å². The lowest BCUT2D eigenvalue weighted by molar-refractivity contribution is 0.0389. The van der Waals surface area contributed by atoms with Crippen LogP contribution in [0.3, 0.4) is 0 Å². The van der Waals surface area contributed by atoms with Crippen LogP contribution in [-0.2, 0) is 25.0 Å². The van der Waals surface area contributed by atoms with Crippen LogP contribution >= 0.6 is 0 Å². The van der Waals surface area contributed by atoms with E-state index in [0.29, 0.717) is 14.2 Å². The summed E-state index contributed by atoms with van der Waals surface area (Å²) in [5.74, 6) is -15.4. The molecule has 0 radical (unpaired) electrons. The first-order valence-electron chi connectivity index (χ1n) is 7.89. The molecule has 0 unspecified atom stereocenters. The molecule has 17 heteroatoms. The number of hydrogen-bond donors (Lipinski definition) is 2. The molecule has 0 aliphatic rings. The second-order valence-corrected chi connectivity index (χ2v) is 8.57. The third-order valence-electron chi connectivity index (χ3n) is 3.84. The van der Waals surface area contributed by atoms with E-state index in [1.807, 2.05) is 0 Å². The van der Waals surface area contributed by atoms with Crippen molar-refractivity contribution in [3.63, 3.8) is 0 Å². The summed E-state index contributed by atoms with van der Waals surface area (Å²) in [6, 6.07) is 0.0491. The molecule has 0 aliphatic carbocycles. The molecule has 2 aromatic carbocycles. The molecule has 0 saturated heterocycles. The Kier molecular flexibility index (Phi) is 7.03. The zero-order valence-corrected chi connectivity index (χ0v) is 17.7. The molecule has 0 fully saturated rings. The molecule has 180 valence electrons. The topological polar surface area (TPSA) is 171 Å². The quantitative estimate of drug-likeness (QED) is 0.247. The number of carbonyl (C=O) groups is 2. The number of carbonyl (C=O) groups excluding carboxylic acids is 2. The Morgan fingerprint density at radius 2 is 1.00 bits per heavy atom. The molecule has 2 rings (SSSR count). The fourth-order valence-electron chi connectivity index (χ4n) is 2.43. The lowest BCUT2D eigenvalue weighted by Gasteiger charge is -2.12. The summed E-state index contributed by atoms with van der Waals surface area (Å²) in [4.78, 5) is 21.3. The van der Waals surface area contributed by atoms with Crippen LogP contribution in [0, 0.1) is 23.3 Å². The van der Waals surface area contributed by atoms with Crippen molar-refractivity contribution in [1.29, 1.82) is 0 Å². The van der Waals surface area contributed by atoms with E-state index < -0.39 is 87.9 Å². The first-order chi connectivity index (χ1) is 15.1. The van der Waals surface area contributed by atoms with Gasteiger partial charge >= 0.3 is 11.9 Å². The summed E-state index contributed by atoms with van der Waals surface area (Å²) < 4.78 is 133. The van der Waals surface area contributed by atoms with E-state index in [4.69, 9.17) is 9.11 Å². The van der Waals surface area contributed by atoms with Gasteiger partial charge in [-0.1, -0.05) is 0 Å². The van der Waals surface area contributed by atoms with E-state index in [2.05, 4.69) is 14.2 Å². The zero-order valence-electron chi connectivity index (χ0n) is 16.1. The van der Waals surface area contributed by atoms with Crippen LogP contribution in [0.15, 0.2) is 21.9 Å². The van der Waals surface area contributed by atoms with Gasteiger partial charge in [0.2, 0.25) is 11.6 Å². The van der Waals surface area contributed by atoms with Gasteiger partial charge in [-0.2, -0.15) is 25.6 Å². The van der Waals surface area contributed by atoms with Gasteiger partial charge < -0.3 is 14.2 Å². The van der Waals surface area contributed by atoms with E-state index in [1.165, 1.54) is 0 Å². The molecular formula is C16H10F4O11S2. The van der Waals surface area contributed by atoms with Crippen LogP contribution in [0.5, 0.6) is 11.5 Å². The monoisotopic (exact) mass is 518 g/mol. The first-order valence-corrected chi connectivity index (χ1v) is 10.8. The maximum absolute atomic E-state index is 14.2. The largest absolute Gasteiger partial charge is 0.492 e. The van der Waals surface area contributed by atoms with Gasteiger partial charge in [-0.05, 0) is 12.1 Å². The Bertz CT molecular complexity index is 1280. The van der Waals surface area contributed by atoms with Gasteiger partial charge in [0.05, 0.1) is 14.2 Å². The highest BCUT2D eigenvalue weighted by Gasteiger charge is 2.33. The van der Waals surface area contributed by atoms with Crippen LogP contribution in [0.2, 0.25) is 0 Å². The fraction of sp³-hybridized carbons (Fsp3) is 0.125. The summed E-state index contributed by atoms with van der Waals surface area (Å²) in [6.45, 7) is 0. The van der Waals surface area contributed by atoms with Crippen molar-refractivity contribution < 1.29 is 67.3 Å². The van der Waals surface area contributed by atoms with Gasteiger partial charge in [-0.15, -0.1) is 0 Å². The maximum Gasteiger partial charge on any atom is 0.349 e. The van der Waals surface area contributed by atoms with Crippen molar-refractivity contribution in [2.24, 2.45) is 0 Å². The normalized spacial score (nSPS) is 11.8. The average Bonchev–Trinajstić information content (AvgIpc) is 2.69. The van der Waals surface area contributed by atoms with Gasteiger partial charge in [0.1, 0.15) is 20.9 Å². The van der Waals surface area contributed by atoms with E-state index >= 15 is 0 Å². The Balaban J connectivity index is 2.61. The Hall–Kier alpha value is -3.28. The molecule has 0 atom stereocenters. The highest BCUT2D eigenvalue weighted by molar-refractivity contribution is 7.86. The number of ether oxygens (including phenoxy) is 3. The molecule has 0 heterocycles. The van der Waals surface area contributed by atoms with Crippen molar-refractivity contribution in [1.82, 2.24) is 0 Å². The van der Waals surface area contributed by atoms with Crippen LogP contribution in [0.25, 0.3) is 0 Å². The third-order valence-corrected chi connectivity index (χ3v) is 5.56. The van der Waals surface area contributed by atoms with Crippen molar-refractivity contribution in [3.05, 3.63) is 46.5 Å². The Morgan fingerprint density at radius 3 is 1.24 bits per heavy atom. The molecule has 0 aliphatic heterocycles. The molecule has 2 aromatic rings. The first kappa shape index (κ1) is 26.0.